The first-order chi connectivity index (χ1) is 12.2. The Morgan fingerprint density at radius 3 is 2.76 bits per heavy atom. The van der Waals surface area contributed by atoms with Crippen LogP contribution in [-0.4, -0.2) is 30.1 Å². The first-order valence-electron chi connectivity index (χ1n) is 8.16. The van der Waals surface area contributed by atoms with E-state index in [1.54, 1.807) is 12.1 Å². The van der Waals surface area contributed by atoms with Crippen LogP contribution in [0.1, 0.15) is 23.6 Å². The average Bonchev–Trinajstić information content (AvgIpc) is 2.64. The van der Waals surface area contributed by atoms with Gasteiger partial charge in [0.15, 0.2) is 6.61 Å². The van der Waals surface area contributed by atoms with E-state index >= 15 is 0 Å². The molecule has 1 aliphatic rings. The lowest BCUT2D eigenvalue weighted by Gasteiger charge is -2.19. The van der Waals surface area contributed by atoms with E-state index in [9.17, 15) is 14.7 Å². The first-order valence-corrected chi connectivity index (χ1v) is 8.16. The highest BCUT2D eigenvalue weighted by atomic mass is 16.5. The van der Waals surface area contributed by atoms with E-state index in [2.05, 4.69) is 10.6 Å². The number of rotatable bonds is 6. The second kappa shape index (κ2) is 7.81. The van der Waals surface area contributed by atoms with Gasteiger partial charge in [0, 0.05) is 18.2 Å². The summed E-state index contributed by atoms with van der Waals surface area (Å²) in [4.78, 5) is 23.5. The molecule has 6 heteroatoms. The molecule has 130 valence electrons. The lowest BCUT2D eigenvalue weighted by atomic mass is 10.0. The number of carbonyl (C=O) groups excluding carboxylic acids is 2. The van der Waals surface area contributed by atoms with E-state index in [1.807, 2.05) is 36.4 Å². The molecule has 1 atom stereocenters. The number of carbonyl (C=O) groups is 2. The fraction of sp³-hybridized carbons (Fsp3) is 0.263. The molecule has 3 rings (SSSR count). The molecule has 2 aromatic carbocycles. The van der Waals surface area contributed by atoms with Crippen molar-refractivity contribution in [3.8, 4) is 5.75 Å². The van der Waals surface area contributed by atoms with Crippen LogP contribution in [0.3, 0.4) is 0 Å². The van der Waals surface area contributed by atoms with Gasteiger partial charge >= 0.3 is 0 Å². The van der Waals surface area contributed by atoms with Gasteiger partial charge in [-0.05, 0) is 23.6 Å². The zero-order valence-electron chi connectivity index (χ0n) is 13.7. The molecule has 3 N–H and O–H groups in total. The molecule has 0 aromatic heterocycles. The highest BCUT2D eigenvalue weighted by molar-refractivity contribution is 5.94. The van der Waals surface area contributed by atoms with E-state index in [4.69, 9.17) is 4.74 Å². The molecule has 0 radical (unpaired) electrons. The summed E-state index contributed by atoms with van der Waals surface area (Å²) < 4.78 is 5.51. The molecule has 0 unspecified atom stereocenters. The molecule has 0 aliphatic carbocycles. The third-order valence-electron chi connectivity index (χ3n) is 4.07. The van der Waals surface area contributed by atoms with Crippen LogP contribution in [0.2, 0.25) is 0 Å². The van der Waals surface area contributed by atoms with Gasteiger partial charge in [-0.15, -0.1) is 0 Å². The molecular weight excluding hydrogens is 320 g/mol. The summed E-state index contributed by atoms with van der Waals surface area (Å²) in [5.74, 6) is 0.164. The number of ether oxygens (including phenoxy) is 1. The second-order valence-electron chi connectivity index (χ2n) is 5.87. The summed E-state index contributed by atoms with van der Waals surface area (Å²) in [6.45, 7) is -0.364. The maximum Gasteiger partial charge on any atom is 0.258 e. The van der Waals surface area contributed by atoms with Crippen molar-refractivity contribution in [3.63, 3.8) is 0 Å². The summed E-state index contributed by atoms with van der Waals surface area (Å²) in [5.41, 5.74) is 2.61. The molecule has 0 bridgehead atoms. The van der Waals surface area contributed by atoms with E-state index in [-0.39, 0.29) is 25.0 Å². The topological polar surface area (TPSA) is 87.7 Å². The minimum atomic E-state index is -0.472. The van der Waals surface area contributed by atoms with E-state index < -0.39 is 6.04 Å². The molecule has 0 saturated carbocycles. The number of nitrogens with one attached hydrogen (secondary N) is 2. The Bertz CT molecular complexity index is 761. The number of amides is 2. The molecule has 25 heavy (non-hydrogen) atoms. The number of aliphatic hydroxyl groups excluding tert-OH is 1. The summed E-state index contributed by atoms with van der Waals surface area (Å²) in [5, 5.41) is 15.0. The monoisotopic (exact) mass is 340 g/mol. The number of anilines is 1. The van der Waals surface area contributed by atoms with Gasteiger partial charge in [-0.1, -0.05) is 36.4 Å². The minimum Gasteiger partial charge on any atom is -0.484 e. The van der Waals surface area contributed by atoms with Gasteiger partial charge in [-0.3, -0.25) is 9.59 Å². The Balaban J connectivity index is 1.57. The quantitative estimate of drug-likeness (QED) is 0.748. The van der Waals surface area contributed by atoms with Gasteiger partial charge in [0.2, 0.25) is 5.91 Å². The van der Waals surface area contributed by atoms with Gasteiger partial charge in [0.05, 0.1) is 12.6 Å². The molecule has 2 aromatic rings. The van der Waals surface area contributed by atoms with Crippen LogP contribution in [0, 0.1) is 0 Å². The Kier molecular flexibility index (Phi) is 5.30. The van der Waals surface area contributed by atoms with Crippen molar-refractivity contribution in [2.75, 3.05) is 18.5 Å². The summed E-state index contributed by atoms with van der Waals surface area (Å²) in [7, 11) is 0. The zero-order chi connectivity index (χ0) is 17.6. The van der Waals surface area contributed by atoms with Gasteiger partial charge in [0.25, 0.3) is 5.91 Å². The standard InChI is InChI=1S/C19H20N2O4/c22-11-17(13-4-2-1-3-5-13)21-19(24)12-25-15-8-6-14-7-9-18(23)20-16(14)10-15/h1-6,8,10,17,22H,7,9,11-12H2,(H,20,23)(H,21,24)/t17-/m0/s1. The maximum absolute atomic E-state index is 12.1. The first kappa shape index (κ1) is 17.0. The molecule has 0 spiro atoms. The minimum absolute atomic E-state index is 0.0176. The molecule has 1 heterocycles. The zero-order valence-corrected chi connectivity index (χ0v) is 13.7. The highest BCUT2D eigenvalue weighted by Crippen LogP contribution is 2.27. The fourth-order valence-corrected chi connectivity index (χ4v) is 2.75. The van der Waals surface area contributed by atoms with E-state index in [0.29, 0.717) is 18.6 Å². The van der Waals surface area contributed by atoms with Crippen molar-refractivity contribution >= 4 is 17.5 Å². The predicted octanol–water partition coefficient (Wildman–Crippen LogP) is 1.80. The summed E-state index contributed by atoms with van der Waals surface area (Å²) in [6, 6.07) is 14.2. The Morgan fingerprint density at radius 2 is 2.00 bits per heavy atom. The number of aliphatic hydroxyl groups is 1. The van der Waals surface area contributed by atoms with Crippen molar-refractivity contribution in [2.24, 2.45) is 0 Å². The molecule has 0 saturated heterocycles. The molecular formula is C19H20N2O4. The van der Waals surface area contributed by atoms with Crippen molar-refractivity contribution in [2.45, 2.75) is 18.9 Å². The summed E-state index contributed by atoms with van der Waals surface area (Å²) in [6.07, 6.45) is 1.19. The van der Waals surface area contributed by atoms with E-state index in [0.717, 1.165) is 16.8 Å². The van der Waals surface area contributed by atoms with Crippen molar-refractivity contribution in [1.29, 1.82) is 0 Å². The Hall–Kier alpha value is -2.86. The number of aryl methyl sites for hydroxylation is 1. The molecule has 1 aliphatic heterocycles. The number of fused-ring (bicyclic) bond motifs is 1. The SMILES string of the molecule is O=C1CCc2ccc(OCC(=O)N[C@@H](CO)c3ccccc3)cc2N1. The van der Waals surface area contributed by atoms with E-state index in [1.165, 1.54) is 0 Å². The number of hydrogen-bond acceptors (Lipinski definition) is 4. The maximum atomic E-state index is 12.1. The van der Waals surface area contributed by atoms with Crippen LogP contribution < -0.4 is 15.4 Å². The van der Waals surface area contributed by atoms with Gasteiger partial charge in [-0.25, -0.2) is 0 Å². The van der Waals surface area contributed by atoms with Crippen LogP contribution in [0.25, 0.3) is 0 Å². The number of hydrogen-bond donors (Lipinski definition) is 3. The van der Waals surface area contributed by atoms with Gasteiger partial charge in [0.1, 0.15) is 5.75 Å². The fourth-order valence-electron chi connectivity index (χ4n) is 2.75. The predicted molar refractivity (Wildman–Crippen MR) is 93.3 cm³/mol. The summed E-state index contributed by atoms with van der Waals surface area (Å²) >= 11 is 0. The largest absolute Gasteiger partial charge is 0.484 e. The van der Waals surface area contributed by atoms with Crippen molar-refractivity contribution < 1.29 is 19.4 Å². The van der Waals surface area contributed by atoms with Crippen molar-refractivity contribution in [1.82, 2.24) is 5.32 Å². The third-order valence-corrected chi connectivity index (χ3v) is 4.07. The van der Waals surface area contributed by atoms with Crippen LogP contribution in [0.4, 0.5) is 5.69 Å². The second-order valence-corrected chi connectivity index (χ2v) is 5.87. The normalized spacial score (nSPS) is 14.2. The van der Waals surface area contributed by atoms with Crippen LogP contribution >= 0.6 is 0 Å². The van der Waals surface area contributed by atoms with Crippen LogP contribution in [0.5, 0.6) is 5.75 Å². The van der Waals surface area contributed by atoms with Gasteiger partial charge in [-0.2, -0.15) is 0 Å². The lowest BCUT2D eigenvalue weighted by molar-refractivity contribution is -0.124. The average molecular weight is 340 g/mol. The highest BCUT2D eigenvalue weighted by Gasteiger charge is 2.16. The van der Waals surface area contributed by atoms with Crippen LogP contribution in [0.15, 0.2) is 48.5 Å². The Labute approximate surface area is 145 Å². The van der Waals surface area contributed by atoms with Crippen LogP contribution in [-0.2, 0) is 16.0 Å². The number of benzene rings is 2. The smallest absolute Gasteiger partial charge is 0.258 e. The molecule has 0 fully saturated rings. The third kappa shape index (κ3) is 4.36. The Morgan fingerprint density at radius 1 is 1.20 bits per heavy atom. The lowest BCUT2D eigenvalue weighted by Crippen LogP contribution is -2.34. The molecule has 6 nitrogen and oxygen atoms in total. The molecule has 2 amide bonds. The van der Waals surface area contributed by atoms with Gasteiger partial charge < -0.3 is 20.5 Å². The van der Waals surface area contributed by atoms with Crippen molar-refractivity contribution in [3.05, 3.63) is 59.7 Å².